The smallest absolute Gasteiger partial charge is 0.251 e. The number of nitrogens with zero attached hydrogens (tertiary/aromatic N) is 1. The van der Waals surface area contributed by atoms with Gasteiger partial charge in [0.15, 0.2) is 0 Å². The van der Waals surface area contributed by atoms with Gasteiger partial charge in [0.25, 0.3) is 5.91 Å². The zero-order valence-electron chi connectivity index (χ0n) is 15.9. The van der Waals surface area contributed by atoms with E-state index in [9.17, 15) is 18.0 Å². The summed E-state index contributed by atoms with van der Waals surface area (Å²) < 4.78 is 26.5. The number of hydrogen-bond donors (Lipinski definition) is 2. The van der Waals surface area contributed by atoms with Crippen molar-refractivity contribution in [1.82, 2.24) is 14.9 Å². The van der Waals surface area contributed by atoms with E-state index < -0.39 is 10.0 Å². The minimum Gasteiger partial charge on any atom is -0.354 e. The summed E-state index contributed by atoms with van der Waals surface area (Å²) in [6.45, 7) is 2.24. The number of amides is 2. The average Bonchev–Trinajstić information content (AvgIpc) is 2.72. The van der Waals surface area contributed by atoms with Crippen molar-refractivity contribution < 1.29 is 18.0 Å². The molecule has 1 atom stereocenters. The number of piperazine rings is 1. The quantitative estimate of drug-likeness (QED) is 0.728. The van der Waals surface area contributed by atoms with Crippen LogP contribution in [-0.4, -0.2) is 44.2 Å². The zero-order chi connectivity index (χ0) is 21.0. The highest BCUT2D eigenvalue weighted by Gasteiger charge is 2.29. The molecule has 1 saturated heterocycles. The summed E-state index contributed by atoms with van der Waals surface area (Å²) in [5.41, 5.74) is 1.25. The van der Waals surface area contributed by atoms with Gasteiger partial charge in [-0.15, -0.1) is 0 Å². The molecule has 7 nitrogen and oxygen atoms in total. The molecule has 0 aromatic heterocycles. The lowest BCUT2D eigenvalue weighted by atomic mass is 10.0. The number of hydrogen-bond acceptors (Lipinski definition) is 4. The highest BCUT2D eigenvalue weighted by atomic mass is 35.5. The van der Waals surface area contributed by atoms with Crippen LogP contribution < -0.4 is 10.6 Å². The number of carbonyl (C=O) groups excluding carboxylic acids is 2. The van der Waals surface area contributed by atoms with Gasteiger partial charge in [-0.2, -0.15) is 4.31 Å². The van der Waals surface area contributed by atoms with Gasteiger partial charge in [0.1, 0.15) is 0 Å². The molecule has 29 heavy (non-hydrogen) atoms. The van der Waals surface area contributed by atoms with Gasteiger partial charge in [0.05, 0.1) is 17.5 Å². The topological polar surface area (TPSA) is 95.6 Å². The molecule has 3 rings (SSSR count). The maximum Gasteiger partial charge on any atom is 0.251 e. The second-order valence-electron chi connectivity index (χ2n) is 6.70. The van der Waals surface area contributed by atoms with E-state index in [0.29, 0.717) is 17.0 Å². The highest BCUT2D eigenvalue weighted by Crippen LogP contribution is 2.22. The largest absolute Gasteiger partial charge is 0.354 e. The summed E-state index contributed by atoms with van der Waals surface area (Å²) in [7, 11) is -3.79. The molecule has 2 amide bonds. The predicted molar refractivity (Wildman–Crippen MR) is 110 cm³/mol. The molecular weight excluding hydrogens is 414 g/mol. The first-order valence-corrected chi connectivity index (χ1v) is 11.1. The van der Waals surface area contributed by atoms with Crippen molar-refractivity contribution in [2.45, 2.75) is 24.3 Å². The van der Waals surface area contributed by atoms with Crippen molar-refractivity contribution >= 4 is 33.4 Å². The molecule has 0 aliphatic carbocycles. The van der Waals surface area contributed by atoms with Crippen LogP contribution in [0.1, 0.15) is 35.3 Å². The molecule has 1 fully saturated rings. The van der Waals surface area contributed by atoms with Gasteiger partial charge in [0.2, 0.25) is 15.9 Å². The van der Waals surface area contributed by atoms with Crippen molar-refractivity contribution in [2.24, 2.45) is 0 Å². The third-order valence-electron chi connectivity index (χ3n) is 4.72. The van der Waals surface area contributed by atoms with Crippen LogP contribution in [0.3, 0.4) is 0 Å². The summed E-state index contributed by atoms with van der Waals surface area (Å²) in [5, 5.41) is 6.13. The molecule has 1 heterocycles. The first kappa shape index (κ1) is 21.3. The van der Waals surface area contributed by atoms with Crippen LogP contribution in [0.25, 0.3) is 0 Å². The Balaban J connectivity index is 1.73. The van der Waals surface area contributed by atoms with Gasteiger partial charge in [-0.1, -0.05) is 30.7 Å². The summed E-state index contributed by atoms with van der Waals surface area (Å²) in [6.07, 6.45) is 0.676. The van der Waals surface area contributed by atoms with Gasteiger partial charge in [-0.05, 0) is 48.4 Å². The summed E-state index contributed by atoms with van der Waals surface area (Å²) >= 11 is 6.03. The van der Waals surface area contributed by atoms with Crippen molar-refractivity contribution in [3.63, 3.8) is 0 Å². The molecule has 1 aliphatic rings. The Bertz CT molecular complexity index is 1010. The second-order valence-corrected chi connectivity index (χ2v) is 9.08. The summed E-state index contributed by atoms with van der Waals surface area (Å²) in [5.74, 6) is -0.638. The molecule has 154 valence electrons. The number of rotatable bonds is 6. The summed E-state index contributed by atoms with van der Waals surface area (Å²) in [4.78, 5) is 24.2. The summed E-state index contributed by atoms with van der Waals surface area (Å²) in [6, 6.07) is 12.8. The molecule has 2 aromatic rings. The van der Waals surface area contributed by atoms with Crippen LogP contribution in [0.2, 0.25) is 5.02 Å². The Morgan fingerprint density at radius 3 is 2.59 bits per heavy atom. The van der Waals surface area contributed by atoms with E-state index in [1.54, 1.807) is 12.1 Å². The van der Waals surface area contributed by atoms with Crippen molar-refractivity contribution in [1.29, 1.82) is 0 Å². The van der Waals surface area contributed by atoms with Crippen LogP contribution in [0.4, 0.5) is 0 Å². The van der Waals surface area contributed by atoms with Gasteiger partial charge < -0.3 is 10.6 Å². The second kappa shape index (κ2) is 8.94. The van der Waals surface area contributed by atoms with Crippen molar-refractivity contribution in [3.8, 4) is 0 Å². The van der Waals surface area contributed by atoms with E-state index in [0.717, 1.165) is 9.87 Å². The molecule has 0 radical (unpaired) electrons. The van der Waals surface area contributed by atoms with E-state index in [4.69, 9.17) is 11.6 Å². The van der Waals surface area contributed by atoms with Crippen LogP contribution in [0, 0.1) is 0 Å². The van der Waals surface area contributed by atoms with E-state index in [1.807, 2.05) is 19.1 Å². The fourth-order valence-corrected chi connectivity index (χ4v) is 4.73. The van der Waals surface area contributed by atoms with Gasteiger partial charge >= 0.3 is 0 Å². The number of halogens is 1. The first-order chi connectivity index (χ1) is 13.8. The number of benzene rings is 2. The minimum absolute atomic E-state index is 0.0469. The standard InChI is InChI=1S/C20H22ClN3O4S/c1-2-18(15-4-3-5-16(21)12-15)23-20(26)14-6-8-17(9-7-14)29(27,28)24-11-10-22-19(25)13-24/h3-9,12,18H,2,10-11,13H2,1H3,(H,22,25)(H,23,26)/t18-/m0/s1. The maximum absolute atomic E-state index is 12.7. The maximum atomic E-state index is 12.7. The molecule has 0 spiro atoms. The van der Waals surface area contributed by atoms with E-state index >= 15 is 0 Å². The van der Waals surface area contributed by atoms with Crippen LogP contribution in [0.15, 0.2) is 53.4 Å². The van der Waals surface area contributed by atoms with E-state index in [-0.39, 0.29) is 42.4 Å². The number of nitrogens with one attached hydrogen (secondary N) is 2. The normalized spacial score (nSPS) is 16.1. The third kappa shape index (κ3) is 4.95. The lowest BCUT2D eigenvalue weighted by molar-refractivity contribution is -0.122. The van der Waals surface area contributed by atoms with E-state index in [2.05, 4.69) is 10.6 Å². The lowest BCUT2D eigenvalue weighted by Crippen LogP contribution is -2.49. The molecule has 1 aliphatic heterocycles. The van der Waals surface area contributed by atoms with Gasteiger partial charge in [-0.3, -0.25) is 9.59 Å². The predicted octanol–water partition coefficient (Wildman–Crippen LogP) is 2.34. The Hall–Kier alpha value is -2.42. The minimum atomic E-state index is -3.79. The van der Waals surface area contributed by atoms with Crippen molar-refractivity contribution in [2.75, 3.05) is 19.6 Å². The Morgan fingerprint density at radius 1 is 1.24 bits per heavy atom. The van der Waals surface area contributed by atoms with Gasteiger partial charge in [0, 0.05) is 23.7 Å². The van der Waals surface area contributed by atoms with E-state index in [1.165, 1.54) is 24.3 Å². The molecule has 0 bridgehead atoms. The Labute approximate surface area is 175 Å². The Morgan fingerprint density at radius 2 is 1.97 bits per heavy atom. The first-order valence-electron chi connectivity index (χ1n) is 9.24. The average molecular weight is 436 g/mol. The lowest BCUT2D eigenvalue weighted by Gasteiger charge is -2.26. The zero-order valence-corrected chi connectivity index (χ0v) is 17.5. The number of carbonyl (C=O) groups is 2. The number of sulfonamides is 1. The Kier molecular flexibility index (Phi) is 6.56. The molecule has 0 unspecified atom stereocenters. The van der Waals surface area contributed by atoms with Crippen LogP contribution in [-0.2, 0) is 14.8 Å². The van der Waals surface area contributed by atoms with Crippen LogP contribution in [0.5, 0.6) is 0 Å². The molecule has 2 N–H and O–H groups in total. The fraction of sp³-hybridized carbons (Fsp3) is 0.300. The molecular formula is C20H22ClN3O4S. The third-order valence-corrected chi connectivity index (χ3v) is 6.82. The van der Waals surface area contributed by atoms with Crippen LogP contribution >= 0.6 is 11.6 Å². The monoisotopic (exact) mass is 435 g/mol. The van der Waals surface area contributed by atoms with Crippen molar-refractivity contribution in [3.05, 3.63) is 64.7 Å². The fourth-order valence-electron chi connectivity index (χ4n) is 3.13. The SMILES string of the molecule is CC[C@H](NC(=O)c1ccc(S(=O)(=O)N2CCNC(=O)C2)cc1)c1cccc(Cl)c1. The van der Waals surface area contributed by atoms with Gasteiger partial charge in [-0.25, -0.2) is 8.42 Å². The molecule has 2 aromatic carbocycles. The highest BCUT2D eigenvalue weighted by molar-refractivity contribution is 7.89. The molecule has 9 heteroatoms. The molecule has 0 saturated carbocycles.